The molecule has 0 saturated carbocycles. The summed E-state index contributed by atoms with van der Waals surface area (Å²) in [4.78, 5) is 16.9. The predicted octanol–water partition coefficient (Wildman–Crippen LogP) is 4.49. The molecule has 0 bridgehead atoms. The minimum absolute atomic E-state index is 0.000105. The Bertz CT molecular complexity index is 867. The third kappa shape index (κ3) is 3.33. The molecule has 0 fully saturated rings. The number of halogens is 2. The van der Waals surface area contributed by atoms with Crippen LogP contribution in [0.5, 0.6) is 0 Å². The van der Waals surface area contributed by atoms with Gasteiger partial charge in [0.15, 0.2) is 5.13 Å². The number of rotatable bonds is 4. The molecule has 0 aliphatic rings. The number of thiazole rings is 1. The van der Waals surface area contributed by atoms with Gasteiger partial charge in [-0.15, -0.1) is 0 Å². The molecule has 0 spiro atoms. The highest BCUT2D eigenvalue weighted by molar-refractivity contribution is 7.18. The molecular weight excluding hydrogens is 337 g/mol. The van der Waals surface area contributed by atoms with Gasteiger partial charge in [-0.1, -0.05) is 53.3 Å². The van der Waals surface area contributed by atoms with Crippen molar-refractivity contribution in [3.05, 3.63) is 69.8 Å². The summed E-state index contributed by atoms with van der Waals surface area (Å²) in [5.41, 5.74) is 6.94. The van der Waals surface area contributed by atoms with Gasteiger partial charge in [-0.3, -0.25) is 4.79 Å². The van der Waals surface area contributed by atoms with E-state index in [-0.39, 0.29) is 16.6 Å². The van der Waals surface area contributed by atoms with Crippen molar-refractivity contribution in [1.82, 2.24) is 4.98 Å². The van der Waals surface area contributed by atoms with Crippen LogP contribution in [0.15, 0.2) is 48.5 Å². The van der Waals surface area contributed by atoms with Crippen molar-refractivity contribution in [1.29, 1.82) is 0 Å². The van der Waals surface area contributed by atoms with Gasteiger partial charge in [0.2, 0.25) is 5.78 Å². The van der Waals surface area contributed by atoms with Crippen LogP contribution >= 0.6 is 22.9 Å². The van der Waals surface area contributed by atoms with E-state index < -0.39 is 5.82 Å². The van der Waals surface area contributed by atoms with E-state index in [1.165, 1.54) is 18.2 Å². The van der Waals surface area contributed by atoms with Gasteiger partial charge in [-0.05, 0) is 18.2 Å². The Morgan fingerprint density at radius 1 is 1.22 bits per heavy atom. The molecule has 23 heavy (non-hydrogen) atoms. The van der Waals surface area contributed by atoms with Gasteiger partial charge in [0, 0.05) is 11.3 Å². The number of nitrogens with zero attached hydrogens (tertiary/aromatic N) is 1. The molecule has 0 aliphatic heterocycles. The maximum Gasteiger partial charge on any atom is 0.206 e. The van der Waals surface area contributed by atoms with E-state index in [9.17, 15) is 9.18 Å². The third-order valence-electron chi connectivity index (χ3n) is 3.07. The highest BCUT2D eigenvalue weighted by Gasteiger charge is 2.18. The second-order valence-corrected chi connectivity index (χ2v) is 6.09. The summed E-state index contributed by atoms with van der Waals surface area (Å²) < 4.78 is 13.2. The lowest BCUT2D eigenvalue weighted by atomic mass is 10.1. The van der Waals surface area contributed by atoms with Crippen LogP contribution in [-0.2, 0) is 0 Å². The van der Waals surface area contributed by atoms with E-state index in [0.29, 0.717) is 21.3 Å². The number of nitrogen functional groups attached to an aromatic ring is 1. The second kappa shape index (κ2) is 6.36. The van der Waals surface area contributed by atoms with Crippen LogP contribution in [0.1, 0.15) is 15.2 Å². The van der Waals surface area contributed by atoms with Gasteiger partial charge >= 0.3 is 0 Å². The van der Waals surface area contributed by atoms with Crippen molar-refractivity contribution in [2.24, 2.45) is 0 Å². The minimum atomic E-state index is -0.504. The summed E-state index contributed by atoms with van der Waals surface area (Å²) in [7, 11) is 0. The third-order valence-corrected chi connectivity index (χ3v) is 4.34. The predicted molar refractivity (Wildman–Crippen MR) is 91.1 cm³/mol. The smallest absolute Gasteiger partial charge is 0.206 e. The fourth-order valence-electron chi connectivity index (χ4n) is 1.97. The zero-order chi connectivity index (χ0) is 16.4. The van der Waals surface area contributed by atoms with Gasteiger partial charge < -0.3 is 11.1 Å². The number of hydrogen-bond acceptors (Lipinski definition) is 5. The first-order valence-electron chi connectivity index (χ1n) is 6.62. The number of ketones is 1. The Kier molecular flexibility index (Phi) is 4.27. The molecule has 0 amide bonds. The number of anilines is 3. The first kappa shape index (κ1) is 15.5. The summed E-state index contributed by atoms with van der Waals surface area (Å²) in [5.74, 6) is -0.541. The van der Waals surface area contributed by atoms with Crippen molar-refractivity contribution in [3.63, 3.8) is 0 Å². The van der Waals surface area contributed by atoms with Crippen LogP contribution in [0.4, 0.5) is 21.0 Å². The molecule has 0 aliphatic carbocycles. The van der Waals surface area contributed by atoms with Crippen LogP contribution in [0, 0.1) is 5.82 Å². The van der Waals surface area contributed by atoms with Gasteiger partial charge in [-0.2, -0.15) is 0 Å². The Morgan fingerprint density at radius 2 is 1.96 bits per heavy atom. The number of benzene rings is 2. The van der Waals surface area contributed by atoms with E-state index in [1.807, 2.05) is 6.07 Å². The standard InChI is InChI=1S/C16H11ClFN3OS/c17-11-8-10(6-7-12(11)18)20-16-21-15(19)14(23-16)13(22)9-4-2-1-3-5-9/h1-8H,19H2,(H,20,21). The van der Waals surface area contributed by atoms with E-state index in [2.05, 4.69) is 10.3 Å². The molecule has 3 N–H and O–H groups in total. The Balaban J connectivity index is 1.86. The molecule has 2 aromatic carbocycles. The number of aromatic nitrogens is 1. The Labute approximate surface area is 140 Å². The van der Waals surface area contributed by atoms with Crippen molar-refractivity contribution in [2.45, 2.75) is 0 Å². The normalized spacial score (nSPS) is 10.5. The SMILES string of the molecule is Nc1nc(Nc2ccc(F)c(Cl)c2)sc1C(=O)c1ccccc1. The molecule has 116 valence electrons. The van der Waals surface area contributed by atoms with Crippen LogP contribution < -0.4 is 11.1 Å². The molecule has 3 rings (SSSR count). The molecule has 0 atom stereocenters. The zero-order valence-electron chi connectivity index (χ0n) is 11.7. The number of carbonyl (C=O) groups excluding carboxylic acids is 1. The summed E-state index contributed by atoms with van der Waals surface area (Å²) in [6.07, 6.45) is 0. The average molecular weight is 348 g/mol. The molecule has 3 aromatic rings. The molecular formula is C16H11ClFN3OS. The average Bonchev–Trinajstić information content (AvgIpc) is 2.91. The highest BCUT2D eigenvalue weighted by atomic mass is 35.5. The maximum atomic E-state index is 13.2. The number of nitrogens with two attached hydrogens (primary N) is 1. The zero-order valence-corrected chi connectivity index (χ0v) is 13.3. The topological polar surface area (TPSA) is 68.0 Å². The van der Waals surface area contributed by atoms with Crippen LogP contribution in [0.3, 0.4) is 0 Å². The molecule has 1 aromatic heterocycles. The number of carbonyl (C=O) groups is 1. The van der Waals surface area contributed by atoms with E-state index in [4.69, 9.17) is 17.3 Å². The highest BCUT2D eigenvalue weighted by Crippen LogP contribution is 2.30. The van der Waals surface area contributed by atoms with Gasteiger partial charge in [0.1, 0.15) is 16.5 Å². The molecule has 4 nitrogen and oxygen atoms in total. The lowest BCUT2D eigenvalue weighted by Crippen LogP contribution is -2.02. The van der Waals surface area contributed by atoms with E-state index >= 15 is 0 Å². The summed E-state index contributed by atoms with van der Waals surface area (Å²) in [5, 5.41) is 3.40. The van der Waals surface area contributed by atoms with Crippen molar-refractivity contribution < 1.29 is 9.18 Å². The first-order valence-corrected chi connectivity index (χ1v) is 7.82. The summed E-state index contributed by atoms with van der Waals surface area (Å²) in [6.45, 7) is 0. The molecule has 0 unspecified atom stereocenters. The van der Waals surface area contributed by atoms with Crippen molar-refractivity contribution >= 4 is 45.4 Å². The van der Waals surface area contributed by atoms with Crippen molar-refractivity contribution in [3.8, 4) is 0 Å². The lowest BCUT2D eigenvalue weighted by Gasteiger charge is -2.03. The second-order valence-electron chi connectivity index (χ2n) is 4.68. The van der Waals surface area contributed by atoms with Crippen LogP contribution in [-0.4, -0.2) is 10.8 Å². The van der Waals surface area contributed by atoms with Gasteiger partial charge in [0.05, 0.1) is 5.02 Å². The largest absolute Gasteiger partial charge is 0.382 e. The van der Waals surface area contributed by atoms with Crippen LogP contribution in [0.2, 0.25) is 5.02 Å². The van der Waals surface area contributed by atoms with E-state index in [1.54, 1.807) is 24.3 Å². The quantitative estimate of drug-likeness (QED) is 0.682. The summed E-state index contributed by atoms with van der Waals surface area (Å²) >= 11 is 6.87. The number of nitrogens with one attached hydrogen (secondary N) is 1. The molecule has 0 saturated heterocycles. The fourth-order valence-corrected chi connectivity index (χ4v) is 3.01. The first-order chi connectivity index (χ1) is 11.0. The van der Waals surface area contributed by atoms with E-state index in [0.717, 1.165) is 11.3 Å². The minimum Gasteiger partial charge on any atom is -0.382 e. The fraction of sp³-hybridized carbons (Fsp3) is 0. The summed E-state index contributed by atoms with van der Waals surface area (Å²) in [6, 6.07) is 13.0. The van der Waals surface area contributed by atoms with Gasteiger partial charge in [-0.25, -0.2) is 9.37 Å². The lowest BCUT2D eigenvalue weighted by molar-refractivity contribution is 0.104. The maximum absolute atomic E-state index is 13.2. The molecule has 7 heteroatoms. The van der Waals surface area contributed by atoms with Crippen molar-refractivity contribution in [2.75, 3.05) is 11.1 Å². The Hall–Kier alpha value is -2.44. The monoisotopic (exact) mass is 347 g/mol. The number of hydrogen-bond donors (Lipinski definition) is 2. The molecule has 0 radical (unpaired) electrons. The van der Waals surface area contributed by atoms with Gasteiger partial charge in [0.25, 0.3) is 0 Å². The Morgan fingerprint density at radius 3 is 2.65 bits per heavy atom. The molecule has 1 heterocycles. The van der Waals surface area contributed by atoms with Crippen LogP contribution in [0.25, 0.3) is 0 Å².